The number of rotatable bonds is 5. The van der Waals surface area contributed by atoms with E-state index in [2.05, 4.69) is 15.8 Å². The summed E-state index contributed by atoms with van der Waals surface area (Å²) in [6, 6.07) is 11.2. The van der Waals surface area contributed by atoms with Gasteiger partial charge in [0.2, 0.25) is 0 Å². The fourth-order valence-corrected chi connectivity index (χ4v) is 3.92. The minimum absolute atomic E-state index is 0.0889. The maximum Gasteiger partial charge on any atom is 0.291 e. The number of hydrogen-bond donors (Lipinski definition) is 2. The van der Waals surface area contributed by atoms with Crippen molar-refractivity contribution in [2.75, 3.05) is 12.4 Å². The third-order valence-corrected chi connectivity index (χ3v) is 5.55. The lowest BCUT2D eigenvalue weighted by molar-refractivity contribution is 0.0949. The molecule has 7 nitrogen and oxygen atoms in total. The molecule has 0 aliphatic heterocycles. The van der Waals surface area contributed by atoms with Crippen LogP contribution < -0.4 is 15.5 Å². The first-order chi connectivity index (χ1) is 15.9. The van der Waals surface area contributed by atoms with Crippen molar-refractivity contribution in [1.29, 1.82) is 0 Å². The SMILES string of the molecule is COc1ccc(C)cc1NC(=O)c1oc2c(c1C)/C(=N/NC(=O)c1ccccc1F)CCC2. The van der Waals surface area contributed by atoms with Crippen molar-refractivity contribution in [3.8, 4) is 5.75 Å². The van der Waals surface area contributed by atoms with E-state index in [1.54, 1.807) is 19.1 Å². The molecule has 33 heavy (non-hydrogen) atoms. The number of hydrogen-bond acceptors (Lipinski definition) is 5. The van der Waals surface area contributed by atoms with Gasteiger partial charge in [0, 0.05) is 17.5 Å². The highest BCUT2D eigenvalue weighted by Gasteiger charge is 2.28. The molecule has 0 spiro atoms. The number of halogens is 1. The molecule has 0 saturated heterocycles. The van der Waals surface area contributed by atoms with Gasteiger partial charge in [-0.15, -0.1) is 0 Å². The molecular weight excluding hydrogens is 425 g/mol. The quantitative estimate of drug-likeness (QED) is 0.549. The zero-order valence-electron chi connectivity index (χ0n) is 18.6. The van der Waals surface area contributed by atoms with E-state index in [4.69, 9.17) is 9.15 Å². The largest absolute Gasteiger partial charge is 0.495 e. The Bertz CT molecular complexity index is 1260. The van der Waals surface area contributed by atoms with Crippen molar-refractivity contribution in [1.82, 2.24) is 5.43 Å². The summed E-state index contributed by atoms with van der Waals surface area (Å²) in [4.78, 5) is 25.4. The van der Waals surface area contributed by atoms with Gasteiger partial charge in [0.1, 0.15) is 17.3 Å². The van der Waals surface area contributed by atoms with Gasteiger partial charge in [-0.2, -0.15) is 5.10 Å². The fraction of sp³-hybridized carbons (Fsp3) is 0.240. The number of carbonyl (C=O) groups is 2. The van der Waals surface area contributed by atoms with Gasteiger partial charge in [-0.25, -0.2) is 9.82 Å². The maximum absolute atomic E-state index is 13.9. The summed E-state index contributed by atoms with van der Waals surface area (Å²) in [7, 11) is 1.54. The lowest BCUT2D eigenvalue weighted by Crippen LogP contribution is -2.23. The predicted octanol–water partition coefficient (Wildman–Crippen LogP) is 4.77. The summed E-state index contributed by atoms with van der Waals surface area (Å²) in [6.45, 7) is 3.70. The van der Waals surface area contributed by atoms with Crippen molar-refractivity contribution in [2.45, 2.75) is 33.1 Å². The monoisotopic (exact) mass is 449 g/mol. The van der Waals surface area contributed by atoms with Gasteiger partial charge in [-0.05, 0) is 56.5 Å². The first-order valence-electron chi connectivity index (χ1n) is 10.6. The van der Waals surface area contributed by atoms with Gasteiger partial charge in [0.05, 0.1) is 24.1 Å². The van der Waals surface area contributed by atoms with Gasteiger partial charge in [-0.1, -0.05) is 18.2 Å². The van der Waals surface area contributed by atoms with Crippen molar-refractivity contribution >= 4 is 23.2 Å². The average molecular weight is 449 g/mol. The van der Waals surface area contributed by atoms with Crippen LogP contribution in [0.15, 0.2) is 52.0 Å². The Balaban J connectivity index is 1.59. The highest BCUT2D eigenvalue weighted by atomic mass is 19.1. The van der Waals surface area contributed by atoms with Crippen molar-refractivity contribution in [2.24, 2.45) is 5.10 Å². The summed E-state index contributed by atoms with van der Waals surface area (Å²) in [5, 5.41) is 7.09. The average Bonchev–Trinajstić information content (AvgIpc) is 3.15. The normalized spacial score (nSPS) is 14.0. The van der Waals surface area contributed by atoms with Crippen LogP contribution in [0.3, 0.4) is 0 Å². The Hall–Kier alpha value is -3.94. The van der Waals surface area contributed by atoms with E-state index in [1.807, 2.05) is 19.1 Å². The van der Waals surface area contributed by atoms with Gasteiger partial charge in [-0.3, -0.25) is 9.59 Å². The smallest absolute Gasteiger partial charge is 0.291 e. The minimum Gasteiger partial charge on any atom is -0.495 e. The minimum atomic E-state index is -0.640. The fourth-order valence-electron chi connectivity index (χ4n) is 3.92. The number of ether oxygens (including phenoxy) is 1. The van der Waals surface area contributed by atoms with Crippen LogP contribution >= 0.6 is 0 Å². The second-order valence-corrected chi connectivity index (χ2v) is 7.85. The van der Waals surface area contributed by atoms with Gasteiger partial charge in [0.25, 0.3) is 11.8 Å². The summed E-state index contributed by atoms with van der Waals surface area (Å²) in [5.41, 5.74) is 5.79. The molecular formula is C25H24FN3O4. The van der Waals surface area contributed by atoms with Crippen molar-refractivity contribution in [3.63, 3.8) is 0 Å². The number of nitrogens with one attached hydrogen (secondary N) is 2. The molecule has 0 bridgehead atoms. The van der Waals surface area contributed by atoms with E-state index in [1.165, 1.54) is 25.3 Å². The zero-order chi connectivity index (χ0) is 23.5. The van der Waals surface area contributed by atoms with E-state index in [0.29, 0.717) is 46.9 Å². The molecule has 8 heteroatoms. The van der Waals surface area contributed by atoms with Crippen molar-refractivity contribution < 1.29 is 23.1 Å². The van der Waals surface area contributed by atoms with E-state index in [0.717, 1.165) is 12.0 Å². The summed E-state index contributed by atoms with van der Waals surface area (Å²) in [6.07, 6.45) is 2.00. The number of nitrogens with zero attached hydrogens (tertiary/aromatic N) is 1. The summed E-state index contributed by atoms with van der Waals surface area (Å²) < 4.78 is 25.1. The van der Waals surface area contributed by atoms with Crippen LogP contribution in [0.2, 0.25) is 0 Å². The molecule has 0 atom stereocenters. The molecule has 1 aliphatic rings. The maximum atomic E-state index is 13.9. The molecule has 0 saturated carbocycles. The molecule has 1 aromatic heterocycles. The second kappa shape index (κ2) is 9.28. The van der Waals surface area contributed by atoms with E-state index < -0.39 is 17.6 Å². The third-order valence-electron chi connectivity index (χ3n) is 5.55. The van der Waals surface area contributed by atoms with Crippen LogP contribution in [0.4, 0.5) is 10.1 Å². The number of aryl methyl sites for hydroxylation is 2. The summed E-state index contributed by atoms with van der Waals surface area (Å²) in [5.74, 6) is -0.304. The van der Waals surface area contributed by atoms with Gasteiger partial charge in [0.15, 0.2) is 5.76 Å². The first kappa shape index (κ1) is 22.3. The molecule has 4 rings (SSSR count). The highest BCUT2D eigenvalue weighted by molar-refractivity contribution is 6.10. The number of furan rings is 1. The van der Waals surface area contributed by atoms with Gasteiger partial charge < -0.3 is 14.5 Å². The van der Waals surface area contributed by atoms with Gasteiger partial charge >= 0.3 is 0 Å². The Morgan fingerprint density at radius 2 is 1.88 bits per heavy atom. The number of anilines is 1. The van der Waals surface area contributed by atoms with Crippen LogP contribution in [0, 0.1) is 19.7 Å². The number of methoxy groups -OCH3 is 1. The predicted molar refractivity (Wildman–Crippen MR) is 122 cm³/mol. The summed E-state index contributed by atoms with van der Waals surface area (Å²) >= 11 is 0. The highest BCUT2D eigenvalue weighted by Crippen LogP contribution is 2.31. The number of benzene rings is 2. The van der Waals surface area contributed by atoms with Crippen molar-refractivity contribution in [3.05, 3.63) is 82.1 Å². The van der Waals surface area contributed by atoms with Crippen LogP contribution in [0.1, 0.15) is 56.2 Å². The molecule has 1 aliphatic carbocycles. The van der Waals surface area contributed by atoms with Crippen LogP contribution in [0.25, 0.3) is 0 Å². The van der Waals surface area contributed by atoms with Crippen LogP contribution in [0.5, 0.6) is 5.75 Å². The number of carbonyl (C=O) groups excluding carboxylic acids is 2. The molecule has 0 unspecified atom stereocenters. The molecule has 2 amide bonds. The van der Waals surface area contributed by atoms with E-state index in [9.17, 15) is 14.0 Å². The lowest BCUT2D eigenvalue weighted by Gasteiger charge is -2.13. The lowest BCUT2D eigenvalue weighted by atomic mass is 9.93. The molecule has 0 fully saturated rings. The van der Waals surface area contributed by atoms with Crippen LogP contribution in [-0.4, -0.2) is 24.6 Å². The van der Waals surface area contributed by atoms with Crippen LogP contribution in [-0.2, 0) is 6.42 Å². The number of fused-ring (bicyclic) bond motifs is 1. The molecule has 170 valence electrons. The second-order valence-electron chi connectivity index (χ2n) is 7.85. The standard InChI is InChI=1S/C25H24FN3O4/c1-14-11-12-20(32-3)19(13-14)27-25(31)23-15(2)22-18(9-6-10-21(22)33-23)28-29-24(30)16-7-4-5-8-17(16)26/h4-5,7-8,11-13H,6,9-10H2,1-3H3,(H,27,31)(H,29,30)/b28-18+. The topological polar surface area (TPSA) is 92.9 Å². The number of amides is 2. The Morgan fingerprint density at radius 3 is 2.64 bits per heavy atom. The number of hydrazone groups is 1. The Labute approximate surface area is 190 Å². The Kier molecular flexibility index (Phi) is 6.26. The van der Waals surface area contributed by atoms with E-state index >= 15 is 0 Å². The molecule has 2 aromatic carbocycles. The zero-order valence-corrected chi connectivity index (χ0v) is 18.6. The van der Waals surface area contributed by atoms with E-state index in [-0.39, 0.29) is 11.3 Å². The Morgan fingerprint density at radius 1 is 1.09 bits per heavy atom. The first-order valence-corrected chi connectivity index (χ1v) is 10.6. The molecule has 3 aromatic rings. The molecule has 2 N–H and O–H groups in total. The molecule has 0 radical (unpaired) electrons. The molecule has 1 heterocycles. The third kappa shape index (κ3) is 4.50.